The van der Waals surface area contributed by atoms with E-state index in [1.165, 1.54) is 0 Å². The largest absolute Gasteiger partial charge is 0.481 e. The SMILES string of the molecule is C[C@@H]([C@@H](CC=Cc1ccc2ccccc2c1)c1ccc(Cl)cc1)N(Cc1ccc2ccccc2c1)C(=O)C[C@H](CC(=O)O)C(=O)O. The number of nitrogens with zero attached hydrogens (tertiary/aromatic N) is 1. The molecular weight excluding hydrogens is 598 g/mol. The van der Waals surface area contributed by atoms with E-state index in [1.807, 2.05) is 85.8 Å². The van der Waals surface area contributed by atoms with Crippen LogP contribution in [-0.2, 0) is 20.9 Å². The second-order valence-electron chi connectivity index (χ2n) is 11.7. The van der Waals surface area contributed by atoms with Crippen LogP contribution in [0.1, 0.15) is 48.8 Å². The van der Waals surface area contributed by atoms with Gasteiger partial charge in [0.15, 0.2) is 0 Å². The summed E-state index contributed by atoms with van der Waals surface area (Å²) in [5.41, 5.74) is 2.94. The Hall–Kier alpha value is -4.94. The Labute approximate surface area is 273 Å². The smallest absolute Gasteiger partial charge is 0.307 e. The van der Waals surface area contributed by atoms with Crippen LogP contribution >= 0.6 is 11.6 Å². The maximum absolute atomic E-state index is 14.0. The molecule has 0 aliphatic carbocycles. The quantitative estimate of drug-likeness (QED) is 0.135. The lowest BCUT2D eigenvalue weighted by molar-refractivity contribution is -0.151. The minimum Gasteiger partial charge on any atom is -0.481 e. The van der Waals surface area contributed by atoms with Gasteiger partial charge in [0, 0.05) is 29.9 Å². The van der Waals surface area contributed by atoms with Gasteiger partial charge in [0.2, 0.25) is 5.91 Å². The molecule has 5 rings (SSSR count). The van der Waals surface area contributed by atoms with Gasteiger partial charge in [0.25, 0.3) is 0 Å². The Bertz CT molecular complexity index is 1880. The van der Waals surface area contributed by atoms with Gasteiger partial charge in [0.1, 0.15) is 0 Å². The van der Waals surface area contributed by atoms with Crippen LogP contribution in [0.15, 0.2) is 115 Å². The van der Waals surface area contributed by atoms with E-state index in [0.29, 0.717) is 11.4 Å². The maximum Gasteiger partial charge on any atom is 0.307 e. The van der Waals surface area contributed by atoms with Crippen LogP contribution in [0.5, 0.6) is 0 Å². The third kappa shape index (κ3) is 8.20. The molecule has 2 N–H and O–H groups in total. The Morgan fingerprint density at radius 3 is 2.00 bits per heavy atom. The molecule has 3 atom stereocenters. The molecule has 6 nitrogen and oxygen atoms in total. The molecule has 5 aromatic rings. The molecule has 7 heteroatoms. The number of aliphatic carboxylic acids is 2. The van der Waals surface area contributed by atoms with Crippen molar-refractivity contribution in [3.63, 3.8) is 0 Å². The number of carbonyl (C=O) groups is 3. The van der Waals surface area contributed by atoms with E-state index < -0.39 is 36.6 Å². The molecule has 234 valence electrons. The van der Waals surface area contributed by atoms with Crippen molar-refractivity contribution in [2.24, 2.45) is 5.92 Å². The van der Waals surface area contributed by atoms with Gasteiger partial charge in [-0.15, -0.1) is 0 Å². The fourth-order valence-corrected chi connectivity index (χ4v) is 6.11. The molecule has 0 spiro atoms. The lowest BCUT2D eigenvalue weighted by atomic mass is 9.87. The monoisotopic (exact) mass is 633 g/mol. The standard InChI is InChI=1S/C39H36ClNO5/c1-26(36(31-17-19-35(40)20-18-31)12-6-7-27-13-15-29-8-2-4-10-32(29)21-27)41(37(42)23-34(39(45)46)24-38(43)44)25-28-14-16-30-9-3-5-11-33(30)22-28/h2-11,13-22,26,34,36H,12,23-25H2,1H3,(H,43,44)(H,45,46)/t26-,34+,36+/m0/s1. The van der Waals surface area contributed by atoms with E-state index in [0.717, 1.165) is 38.2 Å². The first-order valence-corrected chi connectivity index (χ1v) is 15.7. The van der Waals surface area contributed by atoms with Crippen molar-refractivity contribution in [2.45, 2.75) is 44.7 Å². The van der Waals surface area contributed by atoms with Gasteiger partial charge in [-0.3, -0.25) is 14.4 Å². The third-order valence-corrected chi connectivity index (χ3v) is 8.78. The number of hydrogen-bond donors (Lipinski definition) is 2. The number of hydrogen-bond acceptors (Lipinski definition) is 3. The van der Waals surface area contributed by atoms with Crippen molar-refractivity contribution in [2.75, 3.05) is 0 Å². The maximum atomic E-state index is 14.0. The molecule has 5 aromatic carbocycles. The fraction of sp³-hybridized carbons (Fsp3) is 0.205. The highest BCUT2D eigenvalue weighted by atomic mass is 35.5. The molecular formula is C39H36ClNO5. The molecule has 0 heterocycles. The van der Waals surface area contributed by atoms with Crippen LogP contribution in [-0.4, -0.2) is 39.0 Å². The average molecular weight is 634 g/mol. The highest BCUT2D eigenvalue weighted by molar-refractivity contribution is 6.30. The zero-order chi connectivity index (χ0) is 32.6. The van der Waals surface area contributed by atoms with Crippen molar-refractivity contribution in [3.8, 4) is 0 Å². The summed E-state index contributed by atoms with van der Waals surface area (Å²) in [5.74, 6) is -4.47. The zero-order valence-corrected chi connectivity index (χ0v) is 26.3. The number of halogens is 1. The summed E-state index contributed by atoms with van der Waals surface area (Å²) in [6.45, 7) is 2.21. The number of fused-ring (bicyclic) bond motifs is 2. The third-order valence-electron chi connectivity index (χ3n) is 8.52. The predicted molar refractivity (Wildman–Crippen MR) is 184 cm³/mol. The first-order chi connectivity index (χ1) is 22.2. The molecule has 0 aromatic heterocycles. The summed E-state index contributed by atoms with van der Waals surface area (Å²) in [6, 6.07) is 35.6. The predicted octanol–water partition coefficient (Wildman–Crippen LogP) is 8.82. The molecule has 0 saturated heterocycles. The summed E-state index contributed by atoms with van der Waals surface area (Å²) in [5, 5.41) is 24.1. The van der Waals surface area contributed by atoms with Crippen molar-refractivity contribution >= 4 is 57.1 Å². The summed E-state index contributed by atoms with van der Waals surface area (Å²) in [6.07, 6.45) is 3.72. The van der Waals surface area contributed by atoms with Gasteiger partial charge in [-0.25, -0.2) is 0 Å². The molecule has 0 radical (unpaired) electrons. The van der Waals surface area contributed by atoms with Crippen LogP contribution in [0, 0.1) is 5.92 Å². The highest BCUT2D eigenvalue weighted by Gasteiger charge is 2.32. The van der Waals surface area contributed by atoms with Gasteiger partial charge >= 0.3 is 11.9 Å². The lowest BCUT2D eigenvalue weighted by Gasteiger charge is -2.36. The van der Waals surface area contributed by atoms with Gasteiger partial charge in [-0.2, -0.15) is 0 Å². The Morgan fingerprint density at radius 2 is 1.37 bits per heavy atom. The number of allylic oxidation sites excluding steroid dienone is 1. The normalized spacial score (nSPS) is 13.4. The first kappa shape index (κ1) is 32.5. The second-order valence-corrected chi connectivity index (χ2v) is 12.1. The van der Waals surface area contributed by atoms with Crippen LogP contribution in [0.2, 0.25) is 5.02 Å². The van der Waals surface area contributed by atoms with Crippen LogP contribution in [0.4, 0.5) is 0 Å². The summed E-state index contributed by atoms with van der Waals surface area (Å²) >= 11 is 6.24. The number of carbonyl (C=O) groups excluding carboxylic acids is 1. The van der Waals surface area contributed by atoms with E-state index in [2.05, 4.69) is 42.5 Å². The molecule has 0 aliphatic rings. The van der Waals surface area contributed by atoms with Gasteiger partial charge in [-0.05, 0) is 75.8 Å². The second kappa shape index (κ2) is 14.9. The average Bonchev–Trinajstić information content (AvgIpc) is 3.05. The summed E-state index contributed by atoms with van der Waals surface area (Å²) < 4.78 is 0. The van der Waals surface area contributed by atoms with E-state index in [-0.39, 0.29) is 18.5 Å². The van der Waals surface area contributed by atoms with Crippen LogP contribution in [0.3, 0.4) is 0 Å². The molecule has 0 fully saturated rings. The van der Waals surface area contributed by atoms with Crippen molar-refractivity contribution in [3.05, 3.63) is 137 Å². The Kier molecular flexibility index (Phi) is 10.5. The van der Waals surface area contributed by atoms with E-state index >= 15 is 0 Å². The van der Waals surface area contributed by atoms with E-state index in [4.69, 9.17) is 11.6 Å². The number of benzene rings is 5. The summed E-state index contributed by atoms with van der Waals surface area (Å²) in [7, 11) is 0. The van der Waals surface area contributed by atoms with E-state index in [1.54, 1.807) is 4.90 Å². The molecule has 0 aliphatic heterocycles. The van der Waals surface area contributed by atoms with Crippen molar-refractivity contribution in [1.29, 1.82) is 0 Å². The first-order valence-electron chi connectivity index (χ1n) is 15.3. The Balaban J connectivity index is 1.48. The van der Waals surface area contributed by atoms with Crippen LogP contribution < -0.4 is 0 Å². The Morgan fingerprint density at radius 1 is 0.761 bits per heavy atom. The zero-order valence-electron chi connectivity index (χ0n) is 25.6. The van der Waals surface area contributed by atoms with Crippen LogP contribution in [0.25, 0.3) is 27.6 Å². The van der Waals surface area contributed by atoms with E-state index in [9.17, 15) is 24.6 Å². The van der Waals surface area contributed by atoms with Gasteiger partial charge < -0.3 is 15.1 Å². The molecule has 0 saturated carbocycles. The van der Waals surface area contributed by atoms with Gasteiger partial charge in [0.05, 0.1) is 12.3 Å². The molecule has 46 heavy (non-hydrogen) atoms. The molecule has 1 amide bonds. The lowest BCUT2D eigenvalue weighted by Crippen LogP contribution is -2.43. The number of amides is 1. The minimum atomic E-state index is -1.34. The van der Waals surface area contributed by atoms with Crippen molar-refractivity contribution in [1.82, 2.24) is 4.90 Å². The fourth-order valence-electron chi connectivity index (χ4n) is 5.98. The number of carboxylic acid groups (broad SMARTS) is 2. The number of carboxylic acids is 2. The van der Waals surface area contributed by atoms with Crippen molar-refractivity contribution < 1.29 is 24.6 Å². The highest BCUT2D eigenvalue weighted by Crippen LogP contribution is 2.32. The summed E-state index contributed by atoms with van der Waals surface area (Å²) in [4.78, 5) is 39.1. The topological polar surface area (TPSA) is 94.9 Å². The number of rotatable bonds is 13. The minimum absolute atomic E-state index is 0.166. The molecule has 0 unspecified atom stereocenters. The van der Waals surface area contributed by atoms with Gasteiger partial charge in [-0.1, -0.05) is 109 Å². The molecule has 0 bridgehead atoms.